The van der Waals surface area contributed by atoms with Gasteiger partial charge in [-0.1, -0.05) is 17.7 Å². The summed E-state index contributed by atoms with van der Waals surface area (Å²) in [6, 6.07) is 6.78. The molecule has 0 bridgehead atoms. The summed E-state index contributed by atoms with van der Waals surface area (Å²) < 4.78 is 0. The van der Waals surface area contributed by atoms with E-state index in [4.69, 9.17) is 5.73 Å². The lowest BCUT2D eigenvalue weighted by atomic mass is 10.1. The molecule has 2 nitrogen and oxygen atoms in total. The molecular formula is C14H22N2S. The first-order valence-corrected chi connectivity index (χ1v) is 7.59. The predicted octanol–water partition coefficient (Wildman–Crippen LogP) is 2.44. The zero-order chi connectivity index (χ0) is 12.1. The van der Waals surface area contributed by atoms with Gasteiger partial charge in [-0.25, -0.2) is 0 Å². The van der Waals surface area contributed by atoms with Gasteiger partial charge in [-0.2, -0.15) is 11.8 Å². The standard InChI is InChI=1S/C14H22N2S/c1-12-3-4-14(13(11-12)5-6-15)16-7-2-9-17-10-8-16/h3-4,11H,2,5-10,15H2,1H3. The van der Waals surface area contributed by atoms with E-state index >= 15 is 0 Å². The number of anilines is 1. The maximum absolute atomic E-state index is 5.72. The largest absolute Gasteiger partial charge is 0.370 e. The minimum Gasteiger partial charge on any atom is -0.370 e. The minimum absolute atomic E-state index is 0.735. The second-order valence-electron chi connectivity index (χ2n) is 4.62. The van der Waals surface area contributed by atoms with Crippen LogP contribution in [-0.2, 0) is 6.42 Å². The summed E-state index contributed by atoms with van der Waals surface area (Å²) in [6.07, 6.45) is 2.28. The summed E-state index contributed by atoms with van der Waals surface area (Å²) in [6.45, 7) is 5.25. The van der Waals surface area contributed by atoms with E-state index in [-0.39, 0.29) is 0 Å². The molecule has 1 heterocycles. The summed E-state index contributed by atoms with van der Waals surface area (Å²) in [5.74, 6) is 2.55. The molecule has 1 saturated heterocycles. The minimum atomic E-state index is 0.735. The molecule has 0 unspecified atom stereocenters. The van der Waals surface area contributed by atoms with Crippen LogP contribution in [0.1, 0.15) is 17.5 Å². The van der Waals surface area contributed by atoms with Crippen LogP contribution in [0, 0.1) is 6.92 Å². The third-order valence-electron chi connectivity index (χ3n) is 3.21. The van der Waals surface area contributed by atoms with Crippen molar-refractivity contribution in [3.8, 4) is 0 Å². The van der Waals surface area contributed by atoms with Gasteiger partial charge < -0.3 is 10.6 Å². The lowest BCUT2D eigenvalue weighted by Gasteiger charge is -2.25. The molecule has 0 aromatic heterocycles. The summed E-state index contributed by atoms with van der Waals surface area (Å²) in [4.78, 5) is 2.53. The molecule has 3 heteroatoms. The van der Waals surface area contributed by atoms with Crippen molar-refractivity contribution in [2.75, 3.05) is 36.0 Å². The van der Waals surface area contributed by atoms with Gasteiger partial charge in [0.25, 0.3) is 0 Å². The Bertz CT molecular complexity index is 357. The van der Waals surface area contributed by atoms with Crippen molar-refractivity contribution < 1.29 is 0 Å². The van der Waals surface area contributed by atoms with Gasteiger partial charge in [0.2, 0.25) is 0 Å². The molecule has 0 saturated carbocycles. The van der Waals surface area contributed by atoms with Crippen molar-refractivity contribution in [1.29, 1.82) is 0 Å². The van der Waals surface area contributed by atoms with Gasteiger partial charge in [0.1, 0.15) is 0 Å². The van der Waals surface area contributed by atoms with Crippen LogP contribution in [0.4, 0.5) is 5.69 Å². The molecule has 1 aromatic rings. The van der Waals surface area contributed by atoms with Crippen LogP contribution in [0.15, 0.2) is 18.2 Å². The highest BCUT2D eigenvalue weighted by atomic mass is 32.2. The maximum Gasteiger partial charge on any atom is 0.0399 e. The zero-order valence-electron chi connectivity index (χ0n) is 10.6. The molecule has 1 aromatic carbocycles. The van der Waals surface area contributed by atoms with E-state index < -0.39 is 0 Å². The molecule has 0 amide bonds. The Morgan fingerprint density at radius 3 is 3.00 bits per heavy atom. The number of aryl methyl sites for hydroxylation is 1. The first-order valence-electron chi connectivity index (χ1n) is 6.43. The van der Waals surface area contributed by atoms with E-state index in [9.17, 15) is 0 Å². The Hall–Kier alpha value is -0.670. The fourth-order valence-corrected chi connectivity index (χ4v) is 3.25. The zero-order valence-corrected chi connectivity index (χ0v) is 11.4. The van der Waals surface area contributed by atoms with E-state index in [0.717, 1.165) is 13.0 Å². The molecule has 0 radical (unpaired) electrons. The third kappa shape index (κ3) is 3.39. The van der Waals surface area contributed by atoms with Gasteiger partial charge in [-0.05, 0) is 43.7 Å². The fourth-order valence-electron chi connectivity index (χ4n) is 2.37. The Morgan fingerprint density at radius 2 is 2.18 bits per heavy atom. The lowest BCUT2D eigenvalue weighted by molar-refractivity contribution is 0.805. The van der Waals surface area contributed by atoms with Gasteiger partial charge in [0.05, 0.1) is 0 Å². The number of hydrogen-bond acceptors (Lipinski definition) is 3. The lowest BCUT2D eigenvalue weighted by Crippen LogP contribution is -2.27. The van der Waals surface area contributed by atoms with Crippen LogP contribution >= 0.6 is 11.8 Å². The van der Waals surface area contributed by atoms with Gasteiger partial charge >= 0.3 is 0 Å². The number of rotatable bonds is 3. The normalized spacial score (nSPS) is 16.9. The van der Waals surface area contributed by atoms with Crippen molar-refractivity contribution >= 4 is 17.4 Å². The van der Waals surface area contributed by atoms with E-state index in [1.165, 1.54) is 47.8 Å². The molecule has 1 aliphatic heterocycles. The summed E-state index contributed by atoms with van der Waals surface area (Å²) in [5.41, 5.74) is 9.87. The first-order chi connectivity index (χ1) is 8.31. The van der Waals surface area contributed by atoms with Crippen LogP contribution in [0.2, 0.25) is 0 Å². The summed E-state index contributed by atoms with van der Waals surface area (Å²) in [5, 5.41) is 0. The Labute approximate surface area is 109 Å². The highest BCUT2D eigenvalue weighted by Gasteiger charge is 2.13. The van der Waals surface area contributed by atoms with Crippen molar-refractivity contribution in [1.82, 2.24) is 0 Å². The molecule has 0 spiro atoms. The molecule has 1 fully saturated rings. The molecule has 2 N–H and O–H groups in total. The smallest absolute Gasteiger partial charge is 0.0399 e. The molecule has 0 aliphatic carbocycles. The van der Waals surface area contributed by atoms with E-state index in [0.29, 0.717) is 0 Å². The second-order valence-corrected chi connectivity index (χ2v) is 5.85. The SMILES string of the molecule is Cc1ccc(N2CCCSCC2)c(CCN)c1. The Morgan fingerprint density at radius 1 is 1.29 bits per heavy atom. The highest BCUT2D eigenvalue weighted by Crippen LogP contribution is 2.24. The van der Waals surface area contributed by atoms with Crippen molar-refractivity contribution in [2.45, 2.75) is 19.8 Å². The first kappa shape index (κ1) is 12.8. The average molecular weight is 250 g/mol. The average Bonchev–Trinajstić information content (AvgIpc) is 2.58. The van der Waals surface area contributed by atoms with Crippen molar-refractivity contribution in [3.63, 3.8) is 0 Å². The van der Waals surface area contributed by atoms with Crippen LogP contribution in [0.5, 0.6) is 0 Å². The number of nitrogens with two attached hydrogens (primary N) is 1. The molecule has 94 valence electrons. The van der Waals surface area contributed by atoms with Crippen LogP contribution in [-0.4, -0.2) is 31.1 Å². The molecule has 0 atom stereocenters. The van der Waals surface area contributed by atoms with Crippen LogP contribution < -0.4 is 10.6 Å². The van der Waals surface area contributed by atoms with Gasteiger partial charge in [-0.15, -0.1) is 0 Å². The molecule has 17 heavy (non-hydrogen) atoms. The van der Waals surface area contributed by atoms with Crippen LogP contribution in [0.3, 0.4) is 0 Å². The second kappa shape index (κ2) is 6.31. The monoisotopic (exact) mass is 250 g/mol. The third-order valence-corrected chi connectivity index (χ3v) is 4.26. The van der Waals surface area contributed by atoms with E-state index in [2.05, 4.69) is 41.8 Å². The number of hydrogen-bond donors (Lipinski definition) is 1. The highest BCUT2D eigenvalue weighted by molar-refractivity contribution is 7.99. The van der Waals surface area contributed by atoms with E-state index in [1.807, 2.05) is 0 Å². The quantitative estimate of drug-likeness (QED) is 0.893. The molecule has 2 rings (SSSR count). The van der Waals surface area contributed by atoms with Crippen molar-refractivity contribution in [2.24, 2.45) is 5.73 Å². The Balaban J connectivity index is 2.22. The number of thioether (sulfide) groups is 1. The Kier molecular flexibility index (Phi) is 4.75. The van der Waals surface area contributed by atoms with Gasteiger partial charge in [0.15, 0.2) is 0 Å². The predicted molar refractivity (Wildman–Crippen MR) is 78.1 cm³/mol. The van der Waals surface area contributed by atoms with Gasteiger partial charge in [-0.3, -0.25) is 0 Å². The maximum atomic E-state index is 5.72. The number of benzene rings is 1. The van der Waals surface area contributed by atoms with E-state index in [1.54, 1.807) is 0 Å². The summed E-state index contributed by atoms with van der Waals surface area (Å²) >= 11 is 2.07. The topological polar surface area (TPSA) is 29.3 Å². The molecular weight excluding hydrogens is 228 g/mol. The van der Waals surface area contributed by atoms with Crippen molar-refractivity contribution in [3.05, 3.63) is 29.3 Å². The fraction of sp³-hybridized carbons (Fsp3) is 0.571. The molecule has 1 aliphatic rings. The number of nitrogens with zero attached hydrogens (tertiary/aromatic N) is 1. The van der Waals surface area contributed by atoms with Crippen LogP contribution in [0.25, 0.3) is 0 Å². The van der Waals surface area contributed by atoms with Gasteiger partial charge in [0, 0.05) is 24.5 Å². The summed E-state index contributed by atoms with van der Waals surface area (Å²) in [7, 11) is 0.